The number of alkyl halides is 11. The summed E-state index contributed by atoms with van der Waals surface area (Å²) in [6.07, 6.45) is -8.78. The average molecular weight is 487 g/mol. The summed E-state index contributed by atoms with van der Waals surface area (Å²) in [5, 5.41) is 1.83. The van der Waals surface area contributed by atoms with Crippen LogP contribution in [0, 0.1) is 0 Å². The number of carbonyl (C=O) groups is 1. The van der Waals surface area contributed by atoms with Gasteiger partial charge >= 0.3 is 36.0 Å². The standard InChI is InChI=1S/C14H20F11NO3Si/c1-4-29-30(2,3)7-5-6-26-9(27)28-8-10(15,16)11(17,18)12(19,20)13(21,22)14(23,24)25/h4-8H2,1-3H3,(H,26,27). The second kappa shape index (κ2) is 9.44. The lowest BCUT2D eigenvalue weighted by Crippen LogP contribution is -2.67. The van der Waals surface area contributed by atoms with Gasteiger partial charge in [0.15, 0.2) is 14.9 Å². The molecule has 180 valence electrons. The van der Waals surface area contributed by atoms with Gasteiger partial charge in [-0.25, -0.2) is 4.79 Å². The first kappa shape index (κ1) is 28.7. The Morgan fingerprint density at radius 2 is 1.37 bits per heavy atom. The Labute approximate surface area is 165 Å². The molecule has 0 aromatic carbocycles. The molecule has 0 aliphatic heterocycles. The van der Waals surface area contributed by atoms with Crippen LogP contribution in [0.3, 0.4) is 0 Å². The molecular weight excluding hydrogens is 467 g/mol. The van der Waals surface area contributed by atoms with E-state index in [1.54, 1.807) is 6.92 Å². The Morgan fingerprint density at radius 1 is 0.867 bits per heavy atom. The van der Waals surface area contributed by atoms with Crippen molar-refractivity contribution in [2.24, 2.45) is 0 Å². The van der Waals surface area contributed by atoms with Crippen molar-refractivity contribution in [1.29, 1.82) is 0 Å². The van der Waals surface area contributed by atoms with Gasteiger partial charge in [0.1, 0.15) is 0 Å². The molecule has 1 N–H and O–H groups in total. The topological polar surface area (TPSA) is 47.6 Å². The van der Waals surface area contributed by atoms with Gasteiger partial charge in [0.2, 0.25) is 0 Å². The summed E-state index contributed by atoms with van der Waals surface area (Å²) in [5.41, 5.74) is 0. The molecule has 30 heavy (non-hydrogen) atoms. The summed E-state index contributed by atoms with van der Waals surface area (Å²) in [6, 6.07) is 0.480. The van der Waals surface area contributed by atoms with Crippen molar-refractivity contribution in [3.8, 4) is 0 Å². The molecule has 0 aliphatic rings. The molecule has 16 heteroatoms. The summed E-state index contributed by atoms with van der Waals surface area (Å²) in [4.78, 5) is 11.2. The van der Waals surface area contributed by atoms with Crippen LogP contribution in [-0.4, -0.2) is 64.0 Å². The monoisotopic (exact) mass is 487 g/mol. The van der Waals surface area contributed by atoms with Gasteiger partial charge in [-0.2, -0.15) is 48.3 Å². The third kappa shape index (κ3) is 6.34. The fourth-order valence-electron chi connectivity index (χ4n) is 2.07. The average Bonchev–Trinajstić information content (AvgIpc) is 2.55. The molecule has 0 bridgehead atoms. The molecule has 0 heterocycles. The predicted molar refractivity (Wildman–Crippen MR) is 83.7 cm³/mol. The quantitative estimate of drug-likeness (QED) is 0.240. The van der Waals surface area contributed by atoms with Crippen LogP contribution < -0.4 is 5.32 Å². The molecule has 0 aliphatic carbocycles. The molecule has 0 aromatic rings. The first-order valence-corrected chi connectivity index (χ1v) is 11.4. The van der Waals surface area contributed by atoms with E-state index in [0.29, 0.717) is 12.7 Å². The molecule has 0 saturated heterocycles. The summed E-state index contributed by atoms with van der Waals surface area (Å²) in [7, 11) is -2.06. The molecule has 0 aromatic heterocycles. The van der Waals surface area contributed by atoms with Crippen molar-refractivity contribution in [2.75, 3.05) is 19.8 Å². The Morgan fingerprint density at radius 3 is 1.80 bits per heavy atom. The molecular formula is C14H20F11NO3Si. The number of rotatable bonds is 11. The summed E-state index contributed by atoms with van der Waals surface area (Å²) in [5.74, 6) is -28.5. The van der Waals surface area contributed by atoms with Gasteiger partial charge < -0.3 is 14.5 Å². The predicted octanol–water partition coefficient (Wildman–Crippen LogP) is 5.45. The summed E-state index contributed by atoms with van der Waals surface area (Å²) >= 11 is 0. The minimum atomic E-state index is -7.53. The SMILES string of the molecule is CCO[Si](C)(C)CCCNC(=O)OCC(F)(F)C(F)(F)C(F)(F)C(F)(F)C(F)(F)F. The third-order valence-corrected chi connectivity index (χ3v) is 6.38. The van der Waals surface area contributed by atoms with E-state index in [-0.39, 0.29) is 13.0 Å². The van der Waals surface area contributed by atoms with Crippen LogP contribution in [0.5, 0.6) is 0 Å². The molecule has 0 unspecified atom stereocenters. The number of amides is 1. The van der Waals surface area contributed by atoms with Crippen LogP contribution in [0.1, 0.15) is 13.3 Å². The Kier molecular flexibility index (Phi) is 9.02. The molecule has 4 nitrogen and oxygen atoms in total. The molecule has 0 rings (SSSR count). The van der Waals surface area contributed by atoms with Gasteiger partial charge in [0.05, 0.1) is 0 Å². The van der Waals surface area contributed by atoms with Gasteiger partial charge in [-0.15, -0.1) is 0 Å². The maximum Gasteiger partial charge on any atom is 0.460 e. The Hall–Kier alpha value is -1.32. The number of hydrogen-bond donors (Lipinski definition) is 1. The first-order chi connectivity index (χ1) is 13.2. The maximum absolute atomic E-state index is 13.4. The largest absolute Gasteiger partial charge is 0.460 e. The zero-order valence-corrected chi connectivity index (χ0v) is 16.9. The molecule has 0 radical (unpaired) electrons. The smallest absolute Gasteiger partial charge is 0.443 e. The van der Waals surface area contributed by atoms with E-state index in [1.807, 2.05) is 18.4 Å². The summed E-state index contributed by atoms with van der Waals surface area (Å²) in [6.45, 7) is 2.74. The van der Waals surface area contributed by atoms with Crippen LogP contribution >= 0.6 is 0 Å². The zero-order valence-electron chi connectivity index (χ0n) is 15.9. The minimum absolute atomic E-state index is 0.216. The van der Waals surface area contributed by atoms with E-state index >= 15 is 0 Å². The lowest BCUT2D eigenvalue weighted by Gasteiger charge is -2.36. The van der Waals surface area contributed by atoms with Crippen molar-refractivity contribution in [2.45, 2.75) is 62.3 Å². The van der Waals surface area contributed by atoms with Crippen molar-refractivity contribution in [3.05, 3.63) is 0 Å². The third-order valence-electron chi connectivity index (χ3n) is 3.75. The lowest BCUT2D eigenvalue weighted by molar-refractivity contribution is -0.423. The van der Waals surface area contributed by atoms with Gasteiger partial charge in [-0.1, -0.05) is 0 Å². The fraction of sp³-hybridized carbons (Fsp3) is 0.929. The van der Waals surface area contributed by atoms with Crippen LogP contribution in [-0.2, 0) is 9.16 Å². The number of nitrogens with one attached hydrogen (secondary N) is 1. The van der Waals surface area contributed by atoms with Crippen molar-refractivity contribution in [1.82, 2.24) is 5.32 Å². The van der Waals surface area contributed by atoms with Crippen LogP contribution in [0.15, 0.2) is 0 Å². The van der Waals surface area contributed by atoms with E-state index in [4.69, 9.17) is 4.43 Å². The summed E-state index contributed by atoms with van der Waals surface area (Å²) < 4.78 is 150. The van der Waals surface area contributed by atoms with E-state index in [0.717, 1.165) is 0 Å². The van der Waals surface area contributed by atoms with Crippen LogP contribution in [0.25, 0.3) is 0 Å². The van der Waals surface area contributed by atoms with Gasteiger partial charge in [0, 0.05) is 13.2 Å². The molecule has 0 fully saturated rings. The molecule has 0 atom stereocenters. The van der Waals surface area contributed by atoms with Gasteiger partial charge in [-0.3, -0.25) is 0 Å². The Bertz CT molecular complexity index is 582. The molecule has 0 saturated carbocycles. The van der Waals surface area contributed by atoms with Crippen LogP contribution in [0.4, 0.5) is 53.1 Å². The fourth-order valence-corrected chi connectivity index (χ4v) is 4.02. The highest BCUT2D eigenvalue weighted by atomic mass is 28.4. The number of halogens is 11. The highest BCUT2D eigenvalue weighted by molar-refractivity contribution is 6.71. The molecule has 1 amide bonds. The van der Waals surface area contributed by atoms with E-state index < -0.39 is 50.9 Å². The maximum atomic E-state index is 13.4. The number of alkyl carbamates (subject to hydrolysis) is 1. The Balaban J connectivity index is 4.96. The van der Waals surface area contributed by atoms with Crippen molar-refractivity contribution < 1.29 is 62.3 Å². The van der Waals surface area contributed by atoms with Crippen molar-refractivity contribution in [3.63, 3.8) is 0 Å². The zero-order chi connectivity index (χ0) is 24.2. The van der Waals surface area contributed by atoms with E-state index in [2.05, 4.69) is 4.74 Å². The number of ether oxygens (including phenoxy) is 1. The number of carbonyl (C=O) groups excluding carboxylic acids is 1. The highest BCUT2D eigenvalue weighted by Gasteiger charge is 2.87. The first-order valence-electron chi connectivity index (χ1n) is 8.29. The van der Waals surface area contributed by atoms with Crippen molar-refractivity contribution >= 4 is 14.4 Å². The van der Waals surface area contributed by atoms with Gasteiger partial charge in [0.25, 0.3) is 0 Å². The highest BCUT2D eigenvalue weighted by Crippen LogP contribution is 2.57. The number of hydrogen-bond acceptors (Lipinski definition) is 3. The normalized spacial score (nSPS) is 14.6. The minimum Gasteiger partial charge on any atom is -0.443 e. The van der Waals surface area contributed by atoms with E-state index in [1.165, 1.54) is 0 Å². The van der Waals surface area contributed by atoms with E-state index in [9.17, 15) is 53.1 Å². The molecule has 0 spiro atoms. The second-order valence-electron chi connectivity index (χ2n) is 6.72. The van der Waals surface area contributed by atoms with Gasteiger partial charge in [-0.05, 0) is 32.5 Å². The second-order valence-corrected chi connectivity index (χ2v) is 11.0. The van der Waals surface area contributed by atoms with Crippen LogP contribution in [0.2, 0.25) is 19.1 Å². The lowest BCUT2D eigenvalue weighted by atomic mass is 9.98.